The van der Waals surface area contributed by atoms with E-state index >= 15 is 0 Å². The highest BCUT2D eigenvalue weighted by Crippen LogP contribution is 2.25. The van der Waals surface area contributed by atoms with Gasteiger partial charge in [-0.3, -0.25) is 35.9 Å². The third-order valence-corrected chi connectivity index (χ3v) is 7.42. The Balaban J connectivity index is 1.40. The van der Waals surface area contributed by atoms with Gasteiger partial charge in [-0.2, -0.15) is 11.8 Å². The fourth-order valence-electron chi connectivity index (χ4n) is 4.14. The monoisotopic (exact) mass is 659 g/mol. The van der Waals surface area contributed by atoms with Crippen molar-refractivity contribution in [3.05, 3.63) is 127 Å². The number of non-ortho nitro benzene ring substituents is 2. The number of aliphatic imine (C=N–C) groups is 1. The summed E-state index contributed by atoms with van der Waals surface area (Å²) in [5.41, 5.74) is 1.38. The quantitative estimate of drug-likeness (QED) is 0.0424. The number of nitrogens with one attached hydrogen (secondary N) is 2. The van der Waals surface area contributed by atoms with E-state index in [0.717, 1.165) is 70.4 Å². The van der Waals surface area contributed by atoms with Crippen LogP contribution >= 0.6 is 11.8 Å². The molecule has 16 heteroatoms. The van der Waals surface area contributed by atoms with Gasteiger partial charge in [-0.1, -0.05) is 36.4 Å². The van der Waals surface area contributed by atoms with Crippen molar-refractivity contribution in [1.29, 1.82) is 0 Å². The predicted molar refractivity (Wildman–Crippen MR) is 171 cm³/mol. The Morgan fingerprint density at radius 3 is 1.72 bits per heavy atom. The van der Waals surface area contributed by atoms with Crippen molar-refractivity contribution >= 4 is 64.0 Å². The van der Waals surface area contributed by atoms with Gasteiger partial charge < -0.3 is 9.47 Å². The fraction of sp³-hybridized carbons (Fsp3) is 0.129. The number of hydrogen-bond donors (Lipinski definition) is 2. The molecule has 2 amide bonds. The number of nitro benzene ring substituents is 2. The zero-order valence-corrected chi connectivity index (χ0v) is 25.4. The predicted octanol–water partition coefficient (Wildman–Crippen LogP) is 5.69. The molecule has 0 fully saturated rings. The van der Waals surface area contributed by atoms with Gasteiger partial charge in [0.1, 0.15) is 0 Å². The molecule has 0 heterocycles. The van der Waals surface area contributed by atoms with Crippen LogP contribution in [0, 0.1) is 27.2 Å². The van der Waals surface area contributed by atoms with E-state index in [-0.39, 0.29) is 29.0 Å². The van der Waals surface area contributed by atoms with Crippen molar-refractivity contribution in [3.8, 4) is 0 Å². The number of fused-ring (bicyclic) bond motifs is 1. The Bertz CT molecular complexity index is 1790. The number of aryl methyl sites for hydroxylation is 1. The second kappa shape index (κ2) is 15.7. The van der Waals surface area contributed by atoms with Crippen molar-refractivity contribution < 1.29 is 38.5 Å². The number of hydrogen-bond acceptors (Lipinski definition) is 12. The van der Waals surface area contributed by atoms with Crippen LogP contribution in [-0.4, -0.2) is 52.2 Å². The van der Waals surface area contributed by atoms with E-state index in [0.29, 0.717) is 11.5 Å². The molecule has 0 saturated heterocycles. The topological polar surface area (TPSA) is 209 Å². The van der Waals surface area contributed by atoms with Gasteiger partial charge in [-0.15, -0.1) is 0 Å². The highest BCUT2D eigenvalue weighted by atomic mass is 32.2. The molecule has 4 rings (SSSR count). The van der Waals surface area contributed by atoms with Gasteiger partial charge in [0.25, 0.3) is 11.4 Å². The van der Waals surface area contributed by atoms with Gasteiger partial charge in [0.15, 0.2) is 0 Å². The van der Waals surface area contributed by atoms with Gasteiger partial charge in [0.05, 0.1) is 27.5 Å². The number of nitrogens with zero attached hydrogens (tertiary/aromatic N) is 3. The lowest BCUT2D eigenvalue weighted by atomic mass is 10.0. The van der Waals surface area contributed by atoms with Crippen LogP contribution in [0.1, 0.15) is 31.8 Å². The summed E-state index contributed by atoms with van der Waals surface area (Å²) in [5, 5.41) is 28.1. The molecule has 0 atom stereocenters. The minimum atomic E-state index is -1.35. The molecular weight excluding hydrogens is 634 g/mol. The molecular formula is C31H25N5O10S. The number of carbonyl (C=O) groups is 4. The Labute approximate surface area is 270 Å². The van der Waals surface area contributed by atoms with Crippen LogP contribution in [0.3, 0.4) is 0 Å². The fourth-order valence-corrected chi connectivity index (χ4v) is 4.98. The maximum absolute atomic E-state index is 12.5. The van der Waals surface area contributed by atoms with E-state index in [1.165, 1.54) is 11.8 Å². The van der Waals surface area contributed by atoms with E-state index in [1.807, 2.05) is 43.3 Å². The highest BCUT2D eigenvalue weighted by Gasteiger charge is 2.20. The molecule has 0 bridgehead atoms. The first-order chi connectivity index (χ1) is 22.5. The molecule has 0 saturated carbocycles. The Hall–Kier alpha value is -6.16. The van der Waals surface area contributed by atoms with Crippen LogP contribution < -0.4 is 10.6 Å². The van der Waals surface area contributed by atoms with Crippen LogP contribution in [0.15, 0.2) is 89.9 Å². The number of carbonyl (C=O) groups excluding carboxylic acids is 4. The van der Waals surface area contributed by atoms with Crippen LogP contribution in [0.2, 0.25) is 0 Å². The summed E-state index contributed by atoms with van der Waals surface area (Å²) >= 11 is 1.53. The Morgan fingerprint density at radius 2 is 1.21 bits per heavy atom. The van der Waals surface area contributed by atoms with Crippen LogP contribution in [-0.2, 0) is 15.2 Å². The minimum absolute atomic E-state index is 0.0664. The molecule has 0 aromatic heterocycles. The summed E-state index contributed by atoms with van der Waals surface area (Å²) in [6, 6.07) is 20.7. The lowest BCUT2D eigenvalue weighted by molar-refractivity contribution is -0.385. The van der Waals surface area contributed by atoms with Gasteiger partial charge in [0.2, 0.25) is 5.96 Å². The maximum Gasteiger partial charge on any atom is 0.421 e. The third kappa shape index (κ3) is 9.41. The number of benzene rings is 4. The van der Waals surface area contributed by atoms with Crippen molar-refractivity contribution in [2.75, 3.05) is 12.3 Å². The van der Waals surface area contributed by atoms with Crippen molar-refractivity contribution in [1.82, 2.24) is 10.6 Å². The summed E-state index contributed by atoms with van der Waals surface area (Å²) in [6.07, 6.45) is -2.71. The standard InChI is InChI=1S/C31H25N5O10S/c1-19-4-2-7-26-22(5-3-6-25(19)26)18-47-17-16-32-29(33-30(39)45-27(37)20-8-12-23(13-9-20)35(41)42)34-31(40)46-28(38)21-10-14-24(15-11-21)36(43)44/h2-15H,16-18H2,1H3,(H2,32,33,34,39,40). The summed E-state index contributed by atoms with van der Waals surface area (Å²) in [4.78, 5) is 74.2. The lowest BCUT2D eigenvalue weighted by Gasteiger charge is -2.11. The van der Waals surface area contributed by atoms with E-state index in [4.69, 9.17) is 9.47 Å². The molecule has 0 radical (unpaired) electrons. The molecule has 0 spiro atoms. The number of alkyl carbamates (subject to hydrolysis) is 2. The van der Waals surface area contributed by atoms with E-state index in [9.17, 15) is 39.4 Å². The molecule has 47 heavy (non-hydrogen) atoms. The molecule has 2 N–H and O–H groups in total. The van der Waals surface area contributed by atoms with Gasteiger partial charge in [0, 0.05) is 35.8 Å². The number of nitro groups is 2. The van der Waals surface area contributed by atoms with Crippen molar-refractivity contribution in [3.63, 3.8) is 0 Å². The average Bonchev–Trinajstić information content (AvgIpc) is 3.04. The molecule has 15 nitrogen and oxygen atoms in total. The van der Waals surface area contributed by atoms with Crippen molar-refractivity contribution in [2.45, 2.75) is 12.7 Å². The first-order valence-corrected chi connectivity index (χ1v) is 14.8. The van der Waals surface area contributed by atoms with E-state index in [2.05, 4.69) is 15.6 Å². The SMILES string of the molecule is Cc1cccc2c(CSCCN=C(NC(=O)OC(=O)c3ccc([N+](=O)[O-])cc3)NC(=O)OC(=O)c3ccc([N+](=O)[O-])cc3)cccc12. The third-order valence-electron chi connectivity index (χ3n) is 6.43. The first-order valence-electron chi connectivity index (χ1n) is 13.7. The number of esters is 2. The number of amides is 2. The average molecular weight is 660 g/mol. The molecule has 0 unspecified atom stereocenters. The lowest BCUT2D eigenvalue weighted by Crippen LogP contribution is -2.45. The second-order valence-corrected chi connectivity index (χ2v) is 10.7. The van der Waals surface area contributed by atoms with Crippen LogP contribution in [0.5, 0.6) is 0 Å². The van der Waals surface area contributed by atoms with E-state index < -0.39 is 39.9 Å². The summed E-state index contributed by atoms with van der Waals surface area (Å²) in [5.74, 6) is -1.72. The normalized spacial score (nSPS) is 10.4. The highest BCUT2D eigenvalue weighted by molar-refractivity contribution is 7.98. The largest absolute Gasteiger partial charge is 0.421 e. The molecule has 240 valence electrons. The Kier molecular flexibility index (Phi) is 11.3. The summed E-state index contributed by atoms with van der Waals surface area (Å²) in [7, 11) is 0. The van der Waals surface area contributed by atoms with Gasteiger partial charge >= 0.3 is 24.1 Å². The van der Waals surface area contributed by atoms with E-state index in [1.54, 1.807) is 0 Å². The Morgan fingerprint density at radius 1 is 0.723 bits per heavy atom. The molecule has 4 aromatic rings. The zero-order chi connectivity index (χ0) is 33.9. The number of ether oxygens (including phenoxy) is 2. The van der Waals surface area contributed by atoms with Gasteiger partial charge in [-0.05, 0) is 53.1 Å². The van der Waals surface area contributed by atoms with Gasteiger partial charge in [-0.25, -0.2) is 19.2 Å². The zero-order valence-electron chi connectivity index (χ0n) is 24.5. The number of rotatable bonds is 9. The molecule has 0 aliphatic carbocycles. The molecule has 0 aliphatic heterocycles. The summed E-state index contributed by atoms with van der Waals surface area (Å²) in [6.45, 7) is 2.10. The smallest absolute Gasteiger partial charge is 0.372 e. The molecule has 4 aromatic carbocycles. The summed E-state index contributed by atoms with van der Waals surface area (Å²) < 4.78 is 9.41. The minimum Gasteiger partial charge on any atom is -0.372 e. The first kappa shape index (κ1) is 33.7. The maximum atomic E-state index is 12.5. The second-order valence-electron chi connectivity index (χ2n) is 9.58. The number of guanidine groups is 1. The van der Waals surface area contributed by atoms with Crippen molar-refractivity contribution in [2.24, 2.45) is 4.99 Å². The van der Waals surface area contributed by atoms with Crippen LogP contribution in [0.4, 0.5) is 21.0 Å². The van der Waals surface area contributed by atoms with Crippen LogP contribution in [0.25, 0.3) is 10.8 Å². The molecule has 0 aliphatic rings. The number of thioether (sulfide) groups is 1.